The number of amides is 2. The third-order valence-electron chi connectivity index (χ3n) is 2.84. The van der Waals surface area contributed by atoms with Crippen LogP contribution in [0.1, 0.15) is 20.7 Å². The maximum atomic E-state index is 12.0. The predicted molar refractivity (Wildman–Crippen MR) is 62.7 cm³/mol. The fourth-order valence-corrected chi connectivity index (χ4v) is 1.92. The topological polar surface area (TPSA) is 155 Å². The highest BCUT2D eigenvalue weighted by Crippen LogP contribution is 2.28. The summed E-state index contributed by atoms with van der Waals surface area (Å²) in [5.41, 5.74) is -1.15. The molecule has 0 radical (unpaired) electrons. The van der Waals surface area contributed by atoms with Crippen molar-refractivity contribution in [2.75, 3.05) is 0 Å². The number of aliphatic carboxylic acids is 2. The van der Waals surface area contributed by atoms with Crippen molar-refractivity contribution in [2.24, 2.45) is 0 Å². The maximum Gasteiger partial charge on any atom is 0.338 e. The van der Waals surface area contributed by atoms with E-state index in [1.807, 2.05) is 0 Å². The number of nitro groups is 1. The maximum absolute atomic E-state index is 12.0. The Kier molecular flexibility index (Phi) is 3.14. The Bertz CT molecular complexity index is 696. The minimum Gasteiger partial charge on any atom is -0.479 e. The Morgan fingerprint density at radius 3 is 2.10 bits per heavy atom. The zero-order valence-corrected chi connectivity index (χ0v) is 10.0. The minimum absolute atomic E-state index is 0.0546. The zero-order valence-electron chi connectivity index (χ0n) is 10.0. The Morgan fingerprint density at radius 2 is 1.62 bits per heavy atom. The number of rotatable bonds is 4. The molecule has 0 atom stereocenters. The fraction of sp³-hybridized carbons (Fsp3) is 0.0909. The molecule has 108 valence electrons. The second kappa shape index (κ2) is 4.67. The van der Waals surface area contributed by atoms with Crippen molar-refractivity contribution >= 4 is 29.4 Å². The van der Waals surface area contributed by atoms with Crippen LogP contribution in [-0.2, 0) is 9.59 Å². The molecule has 0 unspecified atom stereocenters. The lowest BCUT2D eigenvalue weighted by Gasteiger charge is -2.18. The van der Waals surface area contributed by atoms with Gasteiger partial charge in [-0.3, -0.25) is 19.7 Å². The van der Waals surface area contributed by atoms with Gasteiger partial charge in [0.25, 0.3) is 17.5 Å². The molecule has 1 aromatic rings. The standard InChI is InChI=1S/C11H6N2O8/c14-8-5-2-1-4(13(20)21)3-6(5)9(15)12(8)7(10(16)17)11(18)19/h1-3,7H,(H,16,17)(H,18,19). The summed E-state index contributed by atoms with van der Waals surface area (Å²) in [4.78, 5) is 55.6. The molecule has 2 rings (SSSR count). The van der Waals surface area contributed by atoms with Gasteiger partial charge in [0, 0.05) is 12.1 Å². The van der Waals surface area contributed by atoms with E-state index in [0.29, 0.717) is 0 Å². The molecule has 1 heterocycles. The van der Waals surface area contributed by atoms with Crippen LogP contribution >= 0.6 is 0 Å². The van der Waals surface area contributed by atoms with Crippen molar-refractivity contribution < 1.29 is 34.3 Å². The molecule has 10 nitrogen and oxygen atoms in total. The Morgan fingerprint density at radius 1 is 1.10 bits per heavy atom. The number of carboxylic acid groups (broad SMARTS) is 2. The molecule has 0 saturated heterocycles. The summed E-state index contributed by atoms with van der Waals surface area (Å²) in [6.45, 7) is 0. The van der Waals surface area contributed by atoms with E-state index in [9.17, 15) is 29.3 Å². The van der Waals surface area contributed by atoms with Crippen LogP contribution in [0.15, 0.2) is 18.2 Å². The van der Waals surface area contributed by atoms with Crippen LogP contribution in [-0.4, -0.2) is 49.8 Å². The van der Waals surface area contributed by atoms with Gasteiger partial charge in [-0.1, -0.05) is 0 Å². The zero-order chi connectivity index (χ0) is 15.9. The number of fused-ring (bicyclic) bond motifs is 1. The normalized spacial score (nSPS) is 13.5. The lowest BCUT2D eigenvalue weighted by molar-refractivity contribution is -0.384. The molecule has 0 aromatic heterocycles. The number of carboxylic acids is 2. The summed E-state index contributed by atoms with van der Waals surface area (Å²) in [7, 11) is 0. The number of nitro benzene ring substituents is 1. The summed E-state index contributed by atoms with van der Waals surface area (Å²) >= 11 is 0. The summed E-state index contributed by atoms with van der Waals surface area (Å²) in [6, 6.07) is 0.353. The van der Waals surface area contributed by atoms with Crippen LogP contribution in [0.3, 0.4) is 0 Å². The number of carbonyl (C=O) groups is 4. The SMILES string of the molecule is O=C(O)C(C(=O)O)N1C(=O)c2ccc([N+](=O)[O-])cc2C1=O. The van der Waals surface area contributed by atoms with Crippen LogP contribution in [0, 0.1) is 10.1 Å². The molecule has 0 spiro atoms. The molecule has 2 N–H and O–H groups in total. The number of hydrogen-bond acceptors (Lipinski definition) is 6. The number of nitrogens with zero attached hydrogens (tertiary/aromatic N) is 2. The van der Waals surface area contributed by atoms with Crippen LogP contribution in [0.5, 0.6) is 0 Å². The van der Waals surface area contributed by atoms with Crippen molar-refractivity contribution in [1.29, 1.82) is 0 Å². The summed E-state index contributed by atoms with van der Waals surface area (Å²) < 4.78 is 0. The van der Waals surface area contributed by atoms with Gasteiger partial charge in [-0.05, 0) is 6.07 Å². The first-order valence-corrected chi connectivity index (χ1v) is 5.37. The number of imide groups is 1. The van der Waals surface area contributed by atoms with Crippen molar-refractivity contribution in [3.63, 3.8) is 0 Å². The van der Waals surface area contributed by atoms with Crippen LogP contribution in [0.25, 0.3) is 0 Å². The molecule has 0 saturated carbocycles. The Hall–Kier alpha value is -3.30. The first-order valence-electron chi connectivity index (χ1n) is 5.37. The van der Waals surface area contributed by atoms with E-state index in [-0.39, 0.29) is 10.5 Å². The molecule has 0 fully saturated rings. The van der Waals surface area contributed by atoms with E-state index in [0.717, 1.165) is 18.2 Å². The van der Waals surface area contributed by atoms with Gasteiger partial charge >= 0.3 is 11.9 Å². The second-order valence-electron chi connectivity index (χ2n) is 4.05. The van der Waals surface area contributed by atoms with E-state index in [1.54, 1.807) is 0 Å². The van der Waals surface area contributed by atoms with E-state index >= 15 is 0 Å². The molecule has 1 aliphatic heterocycles. The first kappa shape index (κ1) is 14.1. The number of benzene rings is 1. The first-order chi connectivity index (χ1) is 9.75. The van der Waals surface area contributed by atoms with Crippen LogP contribution in [0.2, 0.25) is 0 Å². The van der Waals surface area contributed by atoms with Gasteiger partial charge in [0.05, 0.1) is 16.1 Å². The lowest BCUT2D eigenvalue weighted by atomic mass is 10.1. The summed E-state index contributed by atoms with van der Waals surface area (Å²) in [5.74, 6) is -6.12. The predicted octanol–water partition coefficient (Wildman–Crippen LogP) is -0.271. The Balaban J connectivity index is 2.54. The summed E-state index contributed by atoms with van der Waals surface area (Å²) in [6.07, 6.45) is 0. The summed E-state index contributed by atoms with van der Waals surface area (Å²) in [5, 5.41) is 28.3. The van der Waals surface area contributed by atoms with Gasteiger partial charge in [0.2, 0.25) is 6.04 Å². The lowest BCUT2D eigenvalue weighted by Crippen LogP contribution is -2.49. The molecular formula is C11H6N2O8. The quantitative estimate of drug-likeness (QED) is 0.332. The van der Waals surface area contributed by atoms with Crippen molar-refractivity contribution in [3.8, 4) is 0 Å². The van der Waals surface area contributed by atoms with E-state index in [1.165, 1.54) is 0 Å². The van der Waals surface area contributed by atoms with E-state index in [4.69, 9.17) is 10.2 Å². The van der Waals surface area contributed by atoms with Gasteiger partial charge < -0.3 is 10.2 Å². The molecular weight excluding hydrogens is 288 g/mol. The minimum atomic E-state index is -2.39. The highest BCUT2D eigenvalue weighted by Gasteiger charge is 2.47. The van der Waals surface area contributed by atoms with Crippen LogP contribution in [0.4, 0.5) is 5.69 Å². The average Bonchev–Trinajstić information content (AvgIpc) is 2.63. The van der Waals surface area contributed by atoms with Gasteiger partial charge in [-0.25, -0.2) is 14.5 Å². The highest BCUT2D eigenvalue weighted by molar-refractivity contribution is 6.25. The van der Waals surface area contributed by atoms with E-state index in [2.05, 4.69) is 0 Å². The van der Waals surface area contributed by atoms with Gasteiger partial charge in [0.1, 0.15) is 0 Å². The van der Waals surface area contributed by atoms with Gasteiger partial charge in [0.15, 0.2) is 0 Å². The molecule has 1 aromatic carbocycles. The number of hydrogen-bond donors (Lipinski definition) is 2. The fourth-order valence-electron chi connectivity index (χ4n) is 1.92. The Labute approximate surface area is 115 Å². The molecule has 2 amide bonds. The second-order valence-corrected chi connectivity index (χ2v) is 4.05. The average molecular weight is 294 g/mol. The van der Waals surface area contributed by atoms with Crippen LogP contribution < -0.4 is 0 Å². The molecule has 21 heavy (non-hydrogen) atoms. The van der Waals surface area contributed by atoms with Crippen molar-refractivity contribution in [1.82, 2.24) is 4.90 Å². The van der Waals surface area contributed by atoms with E-state index < -0.39 is 46.0 Å². The number of carbonyl (C=O) groups excluding carboxylic acids is 2. The van der Waals surface area contributed by atoms with Gasteiger partial charge in [-0.15, -0.1) is 0 Å². The molecule has 0 bridgehead atoms. The third-order valence-corrected chi connectivity index (χ3v) is 2.84. The molecule has 10 heteroatoms. The molecule has 0 aliphatic carbocycles. The van der Waals surface area contributed by atoms with Crippen molar-refractivity contribution in [2.45, 2.75) is 6.04 Å². The largest absolute Gasteiger partial charge is 0.479 e. The van der Waals surface area contributed by atoms with Crippen molar-refractivity contribution in [3.05, 3.63) is 39.4 Å². The number of non-ortho nitro benzene ring substituents is 1. The smallest absolute Gasteiger partial charge is 0.338 e. The third kappa shape index (κ3) is 2.08. The van der Waals surface area contributed by atoms with Gasteiger partial charge in [-0.2, -0.15) is 0 Å². The monoisotopic (exact) mass is 294 g/mol. The highest BCUT2D eigenvalue weighted by atomic mass is 16.6. The molecule has 1 aliphatic rings.